The van der Waals surface area contributed by atoms with Gasteiger partial charge in [0.15, 0.2) is 18.1 Å². The first kappa shape index (κ1) is 26.5. The maximum absolute atomic E-state index is 12.1. The second-order valence-corrected chi connectivity index (χ2v) is 7.88. The van der Waals surface area contributed by atoms with Crippen LogP contribution in [0.4, 0.5) is 11.4 Å². The zero-order chi connectivity index (χ0) is 25.9. The number of nitrogens with one attached hydrogen (secondary N) is 3. The molecule has 3 amide bonds. The number of hydrazone groups is 1. The third-order valence-corrected chi connectivity index (χ3v) is 5.29. The van der Waals surface area contributed by atoms with Gasteiger partial charge in [0.2, 0.25) is 0 Å². The van der Waals surface area contributed by atoms with Gasteiger partial charge in [-0.2, -0.15) is 5.10 Å². The molecule has 0 spiro atoms. The first-order valence-electron chi connectivity index (χ1n) is 10.7. The summed E-state index contributed by atoms with van der Waals surface area (Å²) in [6.07, 6.45) is 1.33. The molecule has 9 nitrogen and oxygen atoms in total. The molecule has 3 aromatic carbocycles. The Morgan fingerprint density at radius 2 is 1.67 bits per heavy atom. The van der Waals surface area contributed by atoms with Crippen molar-refractivity contribution in [3.63, 3.8) is 0 Å². The summed E-state index contributed by atoms with van der Waals surface area (Å²) in [5, 5.41) is 9.24. The molecule has 0 saturated carbocycles. The standard InChI is InChI=1S/C25H22Cl2N4O5/c1-2-35-21-13-16(11-12-20(21)36-15-22(32)29-17-7-4-3-5-8-17)14-28-31-25(34)24(33)30-19-10-6-9-18(26)23(19)27/h3-14H,2,15H2,1H3,(H,29,32)(H,30,33)(H,31,34)/b28-14-. The average Bonchev–Trinajstić information content (AvgIpc) is 2.87. The van der Waals surface area contributed by atoms with E-state index in [1.165, 1.54) is 12.3 Å². The fraction of sp³-hybridized carbons (Fsp3) is 0.120. The zero-order valence-electron chi connectivity index (χ0n) is 19.1. The highest BCUT2D eigenvalue weighted by Crippen LogP contribution is 2.29. The Hall–Kier alpha value is -4.08. The maximum atomic E-state index is 12.1. The van der Waals surface area contributed by atoms with Crippen LogP contribution in [0.15, 0.2) is 71.8 Å². The van der Waals surface area contributed by atoms with Crippen LogP contribution in [0.3, 0.4) is 0 Å². The average molecular weight is 529 g/mol. The first-order valence-corrected chi connectivity index (χ1v) is 11.5. The highest BCUT2D eigenvalue weighted by molar-refractivity contribution is 6.45. The number of carbonyl (C=O) groups is 3. The number of hydrogen-bond acceptors (Lipinski definition) is 6. The molecule has 11 heteroatoms. The summed E-state index contributed by atoms with van der Waals surface area (Å²) in [5.41, 5.74) is 3.54. The van der Waals surface area contributed by atoms with E-state index in [9.17, 15) is 14.4 Å². The summed E-state index contributed by atoms with van der Waals surface area (Å²) in [7, 11) is 0. The molecule has 186 valence electrons. The van der Waals surface area contributed by atoms with Gasteiger partial charge in [0, 0.05) is 5.69 Å². The molecule has 0 bridgehead atoms. The topological polar surface area (TPSA) is 118 Å². The monoisotopic (exact) mass is 528 g/mol. The molecular weight excluding hydrogens is 507 g/mol. The Kier molecular flexibility index (Phi) is 9.67. The Bertz CT molecular complexity index is 1270. The highest BCUT2D eigenvalue weighted by Gasteiger charge is 2.15. The molecule has 0 aliphatic heterocycles. The van der Waals surface area contributed by atoms with E-state index in [1.807, 2.05) is 18.2 Å². The number of anilines is 2. The van der Waals surface area contributed by atoms with Gasteiger partial charge in [0.1, 0.15) is 0 Å². The van der Waals surface area contributed by atoms with E-state index in [4.69, 9.17) is 32.7 Å². The minimum atomic E-state index is -1.00. The van der Waals surface area contributed by atoms with Crippen molar-refractivity contribution >= 4 is 58.5 Å². The van der Waals surface area contributed by atoms with Crippen LogP contribution in [-0.4, -0.2) is 37.1 Å². The van der Waals surface area contributed by atoms with Gasteiger partial charge in [-0.05, 0) is 55.0 Å². The summed E-state index contributed by atoms with van der Waals surface area (Å²) in [4.78, 5) is 36.3. The molecule has 3 rings (SSSR count). The second-order valence-electron chi connectivity index (χ2n) is 7.10. The molecule has 0 unspecified atom stereocenters. The Balaban J connectivity index is 1.56. The second kappa shape index (κ2) is 13.1. The van der Waals surface area contributed by atoms with Crippen LogP contribution in [-0.2, 0) is 14.4 Å². The van der Waals surface area contributed by atoms with Crippen molar-refractivity contribution in [3.05, 3.63) is 82.3 Å². The van der Waals surface area contributed by atoms with Gasteiger partial charge < -0.3 is 20.1 Å². The predicted molar refractivity (Wildman–Crippen MR) is 139 cm³/mol. The number of carbonyl (C=O) groups excluding carboxylic acids is 3. The summed E-state index contributed by atoms with van der Waals surface area (Å²) in [6, 6.07) is 18.5. The van der Waals surface area contributed by atoms with Crippen LogP contribution >= 0.6 is 23.2 Å². The Labute approximate surface area is 217 Å². The molecule has 3 N–H and O–H groups in total. The van der Waals surface area contributed by atoms with Crippen LogP contribution in [0.2, 0.25) is 10.0 Å². The van der Waals surface area contributed by atoms with E-state index in [0.29, 0.717) is 29.4 Å². The van der Waals surface area contributed by atoms with Crippen LogP contribution in [0.5, 0.6) is 11.5 Å². The normalized spacial score (nSPS) is 10.5. The minimum Gasteiger partial charge on any atom is -0.490 e. The van der Waals surface area contributed by atoms with Crippen molar-refractivity contribution < 1.29 is 23.9 Å². The number of para-hydroxylation sites is 1. The number of hydrogen-bond donors (Lipinski definition) is 3. The molecule has 0 aliphatic rings. The Morgan fingerprint density at radius 3 is 2.42 bits per heavy atom. The molecule has 36 heavy (non-hydrogen) atoms. The van der Waals surface area contributed by atoms with Gasteiger partial charge in [0.25, 0.3) is 5.91 Å². The van der Waals surface area contributed by atoms with E-state index in [0.717, 1.165) is 0 Å². The third kappa shape index (κ3) is 7.72. The van der Waals surface area contributed by atoms with Crippen molar-refractivity contribution in [2.24, 2.45) is 5.10 Å². The largest absolute Gasteiger partial charge is 0.490 e. The molecule has 0 aliphatic carbocycles. The third-order valence-electron chi connectivity index (χ3n) is 4.47. The van der Waals surface area contributed by atoms with Crippen molar-refractivity contribution in [2.45, 2.75) is 6.92 Å². The zero-order valence-corrected chi connectivity index (χ0v) is 20.6. The predicted octanol–water partition coefficient (Wildman–Crippen LogP) is 4.50. The lowest BCUT2D eigenvalue weighted by molar-refractivity contribution is -0.136. The Morgan fingerprint density at radius 1 is 0.889 bits per heavy atom. The van der Waals surface area contributed by atoms with Crippen molar-refractivity contribution in [2.75, 3.05) is 23.8 Å². The van der Waals surface area contributed by atoms with Crippen molar-refractivity contribution in [1.29, 1.82) is 0 Å². The van der Waals surface area contributed by atoms with Gasteiger partial charge in [0.05, 0.1) is 28.6 Å². The van der Waals surface area contributed by atoms with Crippen LogP contribution in [0.1, 0.15) is 12.5 Å². The SMILES string of the molecule is CCOc1cc(/C=N\NC(=O)C(=O)Nc2cccc(Cl)c2Cl)ccc1OCC(=O)Nc1ccccc1. The molecule has 0 atom stereocenters. The fourth-order valence-electron chi connectivity index (χ4n) is 2.85. The van der Waals surface area contributed by atoms with Crippen molar-refractivity contribution in [1.82, 2.24) is 5.43 Å². The van der Waals surface area contributed by atoms with Gasteiger partial charge in [-0.25, -0.2) is 5.43 Å². The van der Waals surface area contributed by atoms with E-state index < -0.39 is 11.8 Å². The molecular formula is C25H22Cl2N4O5. The van der Waals surface area contributed by atoms with Crippen LogP contribution in [0.25, 0.3) is 0 Å². The smallest absolute Gasteiger partial charge is 0.329 e. The number of ether oxygens (including phenoxy) is 2. The van der Waals surface area contributed by atoms with Gasteiger partial charge in [-0.1, -0.05) is 47.5 Å². The van der Waals surface area contributed by atoms with E-state index in [2.05, 4.69) is 21.2 Å². The number of nitrogens with zero attached hydrogens (tertiary/aromatic N) is 1. The number of halogens is 2. The fourth-order valence-corrected chi connectivity index (χ4v) is 3.20. The quantitative estimate of drug-likeness (QED) is 0.214. The molecule has 0 saturated heterocycles. The summed E-state index contributed by atoms with van der Waals surface area (Å²) >= 11 is 11.9. The van der Waals surface area contributed by atoms with E-state index in [-0.39, 0.29) is 28.2 Å². The molecule has 0 radical (unpaired) electrons. The molecule has 3 aromatic rings. The summed E-state index contributed by atoms with van der Waals surface area (Å²) < 4.78 is 11.2. The lowest BCUT2D eigenvalue weighted by atomic mass is 10.2. The summed E-state index contributed by atoms with van der Waals surface area (Å²) in [6.45, 7) is 1.94. The van der Waals surface area contributed by atoms with Gasteiger partial charge in [-0.3, -0.25) is 14.4 Å². The molecule has 0 aromatic heterocycles. The van der Waals surface area contributed by atoms with Crippen molar-refractivity contribution in [3.8, 4) is 11.5 Å². The minimum absolute atomic E-state index is 0.118. The van der Waals surface area contributed by atoms with Crippen LogP contribution < -0.4 is 25.5 Å². The highest BCUT2D eigenvalue weighted by atomic mass is 35.5. The van der Waals surface area contributed by atoms with E-state index in [1.54, 1.807) is 49.4 Å². The maximum Gasteiger partial charge on any atom is 0.329 e. The van der Waals surface area contributed by atoms with Gasteiger partial charge in [-0.15, -0.1) is 0 Å². The lowest BCUT2D eigenvalue weighted by Crippen LogP contribution is -2.32. The first-order chi connectivity index (χ1) is 17.4. The van der Waals surface area contributed by atoms with Crippen LogP contribution in [0, 0.1) is 0 Å². The number of rotatable bonds is 9. The molecule has 0 fully saturated rings. The van der Waals surface area contributed by atoms with Gasteiger partial charge >= 0.3 is 11.8 Å². The van der Waals surface area contributed by atoms with E-state index >= 15 is 0 Å². The molecule has 0 heterocycles. The number of benzene rings is 3. The summed E-state index contributed by atoms with van der Waals surface area (Å²) in [5.74, 6) is -1.55. The number of amides is 3. The lowest BCUT2D eigenvalue weighted by Gasteiger charge is -2.12.